The Labute approximate surface area is 69.4 Å². The second-order valence-electron chi connectivity index (χ2n) is 1.92. The van der Waals surface area contributed by atoms with Crippen LogP contribution in [-0.2, 0) is 0 Å². The van der Waals surface area contributed by atoms with E-state index in [0.29, 0.717) is 0 Å². The quantitative estimate of drug-likeness (QED) is 0.283. The third-order valence-corrected chi connectivity index (χ3v) is 1.58. The normalized spacial score (nSPS) is 10.5. The van der Waals surface area contributed by atoms with Crippen molar-refractivity contribution in [3.05, 3.63) is 29.1 Å². The molecule has 0 nitrogen and oxygen atoms in total. The van der Waals surface area contributed by atoms with Gasteiger partial charge in [0.2, 0.25) is 5.82 Å². The number of thiol groups is 1. The van der Waals surface area contributed by atoms with Gasteiger partial charge in [0.05, 0.1) is 4.90 Å². The molecule has 1 aromatic carbocycles. The fourth-order valence-corrected chi connectivity index (χ4v) is 0.790. The van der Waals surface area contributed by atoms with Crippen LogP contribution in [0.4, 0.5) is 22.0 Å². The van der Waals surface area contributed by atoms with Gasteiger partial charge in [0.25, 0.3) is 0 Å². The highest BCUT2D eigenvalue weighted by Gasteiger charge is 2.23. The Hall–Kier alpha value is -0.780. The molecule has 0 radical (unpaired) electrons. The van der Waals surface area contributed by atoms with Gasteiger partial charge in [-0.05, 0) is 0 Å². The Morgan fingerprint density at radius 2 is 0.833 bits per heavy atom. The predicted molar refractivity (Wildman–Crippen MR) is 33.5 cm³/mol. The summed E-state index contributed by atoms with van der Waals surface area (Å²) >= 11 is 3.10. The summed E-state index contributed by atoms with van der Waals surface area (Å²) in [6.07, 6.45) is 0. The molecule has 0 N–H and O–H groups in total. The zero-order valence-electron chi connectivity index (χ0n) is 5.34. The van der Waals surface area contributed by atoms with Gasteiger partial charge in [0, 0.05) is 0 Å². The smallest absolute Gasteiger partial charge is 0.200 e. The molecule has 0 bridgehead atoms. The monoisotopic (exact) mass is 200 g/mol. The molecule has 0 atom stereocenters. The molecular formula is C6HF5S. The molecule has 0 aliphatic rings. The highest BCUT2D eigenvalue weighted by molar-refractivity contribution is 7.80. The van der Waals surface area contributed by atoms with Crippen molar-refractivity contribution in [3.8, 4) is 0 Å². The van der Waals surface area contributed by atoms with Crippen LogP contribution in [0.25, 0.3) is 0 Å². The molecule has 0 saturated carbocycles. The van der Waals surface area contributed by atoms with Crippen molar-refractivity contribution in [2.45, 2.75) is 4.90 Å². The molecule has 12 heavy (non-hydrogen) atoms. The minimum absolute atomic E-state index is 1.17. The van der Waals surface area contributed by atoms with Crippen molar-refractivity contribution in [1.29, 1.82) is 0 Å². The van der Waals surface area contributed by atoms with Gasteiger partial charge in [-0.15, -0.1) is 12.6 Å². The number of halogens is 5. The van der Waals surface area contributed by atoms with Crippen molar-refractivity contribution in [3.63, 3.8) is 0 Å². The summed E-state index contributed by atoms with van der Waals surface area (Å²) in [6.45, 7) is 0. The highest BCUT2D eigenvalue weighted by atomic mass is 32.1. The molecule has 0 heterocycles. The van der Waals surface area contributed by atoms with E-state index in [0.717, 1.165) is 0 Å². The molecule has 6 heteroatoms. The summed E-state index contributed by atoms with van der Waals surface area (Å²) < 4.78 is 61.3. The van der Waals surface area contributed by atoms with Crippen molar-refractivity contribution >= 4 is 12.6 Å². The average Bonchev–Trinajstić information content (AvgIpc) is 2.08. The first-order chi connectivity index (χ1) is 5.46. The van der Waals surface area contributed by atoms with E-state index in [9.17, 15) is 22.0 Å². The van der Waals surface area contributed by atoms with Crippen molar-refractivity contribution in [1.82, 2.24) is 0 Å². The van der Waals surface area contributed by atoms with Crippen LogP contribution >= 0.6 is 12.6 Å². The van der Waals surface area contributed by atoms with Crippen LogP contribution in [0.2, 0.25) is 0 Å². The number of hydrogen-bond donors (Lipinski definition) is 1. The van der Waals surface area contributed by atoms with Crippen LogP contribution in [-0.4, -0.2) is 0 Å². The van der Waals surface area contributed by atoms with Gasteiger partial charge in [-0.2, -0.15) is 0 Å². The van der Waals surface area contributed by atoms with Gasteiger partial charge in [0.1, 0.15) is 0 Å². The molecule has 1 aromatic rings. The summed E-state index contributed by atoms with van der Waals surface area (Å²) in [5.74, 6) is -10.00. The van der Waals surface area contributed by atoms with E-state index in [2.05, 4.69) is 12.6 Å². The third-order valence-electron chi connectivity index (χ3n) is 1.19. The van der Waals surface area contributed by atoms with E-state index in [1.807, 2.05) is 0 Å². The fraction of sp³-hybridized carbons (Fsp3) is 0. The Morgan fingerprint density at radius 3 is 1.17 bits per heavy atom. The van der Waals surface area contributed by atoms with Crippen LogP contribution in [0.5, 0.6) is 0 Å². The maximum atomic E-state index is 12.3. The van der Waals surface area contributed by atoms with Crippen LogP contribution in [0.3, 0.4) is 0 Å². The Morgan fingerprint density at radius 1 is 0.583 bits per heavy atom. The van der Waals surface area contributed by atoms with Gasteiger partial charge in [-0.3, -0.25) is 0 Å². The van der Waals surface area contributed by atoms with E-state index < -0.39 is 34.0 Å². The maximum absolute atomic E-state index is 12.3. The first kappa shape index (κ1) is 9.31. The maximum Gasteiger partial charge on any atom is 0.200 e. The molecule has 0 aromatic heterocycles. The lowest BCUT2D eigenvalue weighted by Crippen LogP contribution is -2.01. The van der Waals surface area contributed by atoms with Crippen molar-refractivity contribution in [2.24, 2.45) is 0 Å². The molecule has 0 fully saturated rings. The predicted octanol–water partition coefficient (Wildman–Crippen LogP) is 2.67. The molecular weight excluding hydrogens is 199 g/mol. The molecule has 0 saturated heterocycles. The Balaban J connectivity index is 3.60. The minimum atomic E-state index is -2.18. The highest BCUT2D eigenvalue weighted by Crippen LogP contribution is 2.24. The third kappa shape index (κ3) is 1.16. The Bertz CT molecular complexity index is 230. The van der Waals surface area contributed by atoms with E-state index in [-0.39, 0.29) is 0 Å². The van der Waals surface area contributed by atoms with Gasteiger partial charge in [0.15, 0.2) is 23.3 Å². The summed E-state index contributed by atoms with van der Waals surface area (Å²) in [6, 6.07) is 0. The van der Waals surface area contributed by atoms with Crippen LogP contribution < -0.4 is 0 Å². The van der Waals surface area contributed by atoms with Crippen LogP contribution in [0, 0.1) is 29.1 Å². The minimum Gasteiger partial charge on any atom is -0.202 e. The van der Waals surface area contributed by atoms with E-state index >= 15 is 0 Å². The lowest BCUT2D eigenvalue weighted by molar-refractivity contribution is 0.361. The summed E-state index contributed by atoms with van der Waals surface area (Å²) in [7, 11) is 0. The molecule has 0 spiro atoms. The number of hydrogen-bond acceptors (Lipinski definition) is 1. The zero-order chi connectivity index (χ0) is 9.46. The largest absolute Gasteiger partial charge is 0.202 e. The SMILES string of the molecule is Fc1c(F)c(F)c(S)c(F)c1F. The van der Waals surface area contributed by atoms with Gasteiger partial charge >= 0.3 is 0 Å². The second-order valence-corrected chi connectivity index (χ2v) is 2.37. The fourth-order valence-electron chi connectivity index (χ4n) is 0.593. The van der Waals surface area contributed by atoms with Crippen molar-refractivity contribution in [2.75, 3.05) is 0 Å². The summed E-state index contributed by atoms with van der Waals surface area (Å²) in [4.78, 5) is -1.17. The van der Waals surface area contributed by atoms with Crippen molar-refractivity contribution < 1.29 is 22.0 Å². The van der Waals surface area contributed by atoms with E-state index in [1.165, 1.54) is 0 Å². The standard InChI is InChI=1S/C6HF5S/c7-1-2(8)4(10)6(12)5(11)3(1)9/h12H. The van der Waals surface area contributed by atoms with Gasteiger partial charge in [-0.1, -0.05) is 0 Å². The Kier molecular flexibility index (Phi) is 2.27. The van der Waals surface area contributed by atoms with Gasteiger partial charge < -0.3 is 0 Å². The van der Waals surface area contributed by atoms with Crippen LogP contribution in [0.1, 0.15) is 0 Å². The first-order valence-electron chi connectivity index (χ1n) is 2.67. The summed E-state index contributed by atoms with van der Waals surface area (Å²) in [5, 5.41) is 0. The topological polar surface area (TPSA) is 0 Å². The molecule has 0 aliphatic heterocycles. The molecule has 1 rings (SSSR count). The first-order valence-corrected chi connectivity index (χ1v) is 3.12. The van der Waals surface area contributed by atoms with E-state index in [4.69, 9.17) is 0 Å². The molecule has 66 valence electrons. The average molecular weight is 200 g/mol. The van der Waals surface area contributed by atoms with E-state index in [1.54, 1.807) is 0 Å². The zero-order valence-corrected chi connectivity index (χ0v) is 6.23. The van der Waals surface area contributed by atoms with Crippen LogP contribution in [0.15, 0.2) is 4.90 Å². The molecule has 0 aliphatic carbocycles. The lowest BCUT2D eigenvalue weighted by atomic mass is 10.3. The molecule has 0 unspecified atom stereocenters. The number of benzene rings is 1. The second kappa shape index (κ2) is 2.93. The number of rotatable bonds is 0. The molecule has 0 amide bonds. The van der Waals surface area contributed by atoms with Gasteiger partial charge in [-0.25, -0.2) is 22.0 Å². The lowest BCUT2D eigenvalue weighted by Gasteiger charge is -2.01. The summed E-state index contributed by atoms with van der Waals surface area (Å²) in [5.41, 5.74) is 0.